The average molecular weight is 245 g/mol. The van der Waals surface area contributed by atoms with Crippen molar-refractivity contribution < 1.29 is 14.6 Å². The predicted octanol–water partition coefficient (Wildman–Crippen LogP) is 1.71. The summed E-state index contributed by atoms with van der Waals surface area (Å²) in [5.41, 5.74) is 0.923. The molecule has 1 N–H and O–H groups in total. The lowest BCUT2D eigenvalue weighted by Crippen LogP contribution is -2.04. The Bertz CT molecular complexity index is 312. The number of aliphatic hydroxyl groups is 1. The normalized spacial score (nSPS) is 13.0. The molecule has 0 aliphatic carbocycles. The summed E-state index contributed by atoms with van der Waals surface area (Å²) < 4.78 is 10.2. The van der Waals surface area contributed by atoms with Gasteiger partial charge in [-0.3, -0.25) is 0 Å². The van der Waals surface area contributed by atoms with Crippen LogP contribution in [0, 0.1) is 6.92 Å². The molecule has 0 bridgehead atoms. The second kappa shape index (κ2) is 6.96. The Morgan fingerprint density at radius 2 is 2.12 bits per heavy atom. The summed E-state index contributed by atoms with van der Waals surface area (Å²) in [7, 11) is 1.66. The molecule has 1 aromatic rings. The summed E-state index contributed by atoms with van der Waals surface area (Å²) in [6, 6.07) is 0. The van der Waals surface area contributed by atoms with Crippen molar-refractivity contribution in [3.63, 3.8) is 0 Å². The third-order valence-electron chi connectivity index (χ3n) is 2.15. The van der Waals surface area contributed by atoms with Crippen LogP contribution in [0.5, 0.6) is 0 Å². The minimum absolute atomic E-state index is 0.430. The molecule has 1 unspecified atom stereocenters. The van der Waals surface area contributed by atoms with E-state index in [1.165, 1.54) is 0 Å². The summed E-state index contributed by atoms with van der Waals surface area (Å²) in [4.78, 5) is 5.35. The highest BCUT2D eigenvalue weighted by molar-refractivity contribution is 7.11. The fourth-order valence-corrected chi connectivity index (χ4v) is 2.35. The van der Waals surface area contributed by atoms with Crippen LogP contribution in [0.2, 0.25) is 0 Å². The minimum Gasteiger partial charge on any atom is -0.388 e. The van der Waals surface area contributed by atoms with E-state index in [0.29, 0.717) is 19.8 Å². The van der Waals surface area contributed by atoms with Gasteiger partial charge in [0.25, 0.3) is 0 Å². The van der Waals surface area contributed by atoms with Crippen LogP contribution in [0.25, 0.3) is 0 Å². The van der Waals surface area contributed by atoms with Gasteiger partial charge in [0.1, 0.15) is 0 Å². The molecule has 1 rings (SSSR count). The standard InChI is InChI=1S/C11H19NO3S/c1-8-11(9(2)13)16-10(12-8)4-5-15-7-6-14-3/h9,13H,4-7H2,1-3H3. The van der Waals surface area contributed by atoms with Crippen LogP contribution in [-0.4, -0.2) is 37.0 Å². The minimum atomic E-state index is -0.430. The third-order valence-corrected chi connectivity index (χ3v) is 3.54. The van der Waals surface area contributed by atoms with E-state index < -0.39 is 6.10 Å². The number of hydrogen-bond acceptors (Lipinski definition) is 5. The number of methoxy groups -OCH3 is 1. The Hall–Kier alpha value is -0.490. The molecule has 0 saturated heterocycles. The van der Waals surface area contributed by atoms with Crippen LogP contribution in [-0.2, 0) is 15.9 Å². The van der Waals surface area contributed by atoms with Crippen LogP contribution in [0.15, 0.2) is 0 Å². The number of aryl methyl sites for hydroxylation is 1. The lowest BCUT2D eigenvalue weighted by molar-refractivity contribution is 0.0722. The number of rotatable bonds is 7. The molecule has 0 aliphatic heterocycles. The molecule has 0 aliphatic rings. The average Bonchev–Trinajstić information content (AvgIpc) is 2.59. The summed E-state index contributed by atoms with van der Waals surface area (Å²) in [6.45, 7) is 5.57. The molecular formula is C11H19NO3S. The molecular weight excluding hydrogens is 226 g/mol. The zero-order valence-electron chi connectivity index (χ0n) is 10.0. The molecule has 5 heteroatoms. The Morgan fingerprint density at radius 3 is 2.69 bits per heavy atom. The van der Waals surface area contributed by atoms with Crippen molar-refractivity contribution in [2.45, 2.75) is 26.4 Å². The number of nitrogens with zero attached hydrogens (tertiary/aromatic N) is 1. The van der Waals surface area contributed by atoms with Crippen LogP contribution < -0.4 is 0 Å². The Kier molecular flexibility index (Phi) is 5.90. The first-order valence-electron chi connectivity index (χ1n) is 5.36. The van der Waals surface area contributed by atoms with Gasteiger partial charge in [-0.15, -0.1) is 11.3 Å². The number of aromatic nitrogens is 1. The number of hydrogen-bond donors (Lipinski definition) is 1. The van der Waals surface area contributed by atoms with Gasteiger partial charge < -0.3 is 14.6 Å². The van der Waals surface area contributed by atoms with E-state index in [4.69, 9.17) is 9.47 Å². The van der Waals surface area contributed by atoms with Crippen molar-refractivity contribution >= 4 is 11.3 Å². The van der Waals surface area contributed by atoms with Gasteiger partial charge in [-0.05, 0) is 13.8 Å². The second-order valence-corrected chi connectivity index (χ2v) is 4.70. The molecule has 1 aromatic heterocycles. The van der Waals surface area contributed by atoms with Crippen molar-refractivity contribution in [3.05, 3.63) is 15.6 Å². The molecule has 4 nitrogen and oxygen atoms in total. The zero-order chi connectivity index (χ0) is 12.0. The maximum atomic E-state index is 9.48. The maximum Gasteiger partial charge on any atom is 0.0954 e. The molecule has 0 amide bonds. The quantitative estimate of drug-likeness (QED) is 0.743. The van der Waals surface area contributed by atoms with Crippen molar-refractivity contribution in [2.24, 2.45) is 0 Å². The first-order valence-corrected chi connectivity index (χ1v) is 6.17. The summed E-state index contributed by atoms with van der Waals surface area (Å²) in [6.07, 6.45) is 0.364. The van der Waals surface area contributed by atoms with E-state index in [1.54, 1.807) is 25.4 Å². The van der Waals surface area contributed by atoms with E-state index in [-0.39, 0.29) is 0 Å². The number of aliphatic hydroxyl groups excluding tert-OH is 1. The molecule has 0 saturated carbocycles. The summed E-state index contributed by atoms with van der Waals surface area (Å²) in [5, 5.41) is 10.5. The highest BCUT2D eigenvalue weighted by Crippen LogP contribution is 2.24. The maximum absolute atomic E-state index is 9.48. The molecule has 16 heavy (non-hydrogen) atoms. The van der Waals surface area contributed by atoms with Gasteiger partial charge in [0.15, 0.2) is 0 Å². The van der Waals surface area contributed by atoms with E-state index in [1.807, 2.05) is 6.92 Å². The van der Waals surface area contributed by atoms with Crippen molar-refractivity contribution in [1.29, 1.82) is 0 Å². The molecule has 1 atom stereocenters. The van der Waals surface area contributed by atoms with E-state index in [0.717, 1.165) is 22.0 Å². The van der Waals surface area contributed by atoms with Gasteiger partial charge in [0, 0.05) is 13.5 Å². The van der Waals surface area contributed by atoms with Crippen LogP contribution in [0.3, 0.4) is 0 Å². The fraction of sp³-hybridized carbons (Fsp3) is 0.727. The first-order chi connectivity index (χ1) is 7.65. The highest BCUT2D eigenvalue weighted by atomic mass is 32.1. The topological polar surface area (TPSA) is 51.6 Å². The number of thiazole rings is 1. The largest absolute Gasteiger partial charge is 0.388 e. The van der Waals surface area contributed by atoms with Gasteiger partial charge in [0.2, 0.25) is 0 Å². The lowest BCUT2D eigenvalue weighted by atomic mass is 10.3. The van der Waals surface area contributed by atoms with Gasteiger partial charge in [-0.1, -0.05) is 0 Å². The highest BCUT2D eigenvalue weighted by Gasteiger charge is 2.11. The summed E-state index contributed by atoms with van der Waals surface area (Å²) >= 11 is 1.56. The predicted molar refractivity (Wildman–Crippen MR) is 63.9 cm³/mol. The van der Waals surface area contributed by atoms with Crippen LogP contribution >= 0.6 is 11.3 Å². The molecule has 0 aromatic carbocycles. The number of ether oxygens (including phenoxy) is 2. The molecule has 0 fully saturated rings. The van der Waals surface area contributed by atoms with Gasteiger partial charge in [-0.2, -0.15) is 0 Å². The second-order valence-electron chi connectivity index (χ2n) is 3.59. The van der Waals surface area contributed by atoms with Crippen LogP contribution in [0.4, 0.5) is 0 Å². The van der Waals surface area contributed by atoms with Gasteiger partial charge in [-0.25, -0.2) is 4.98 Å². The van der Waals surface area contributed by atoms with E-state index >= 15 is 0 Å². The molecule has 92 valence electrons. The van der Waals surface area contributed by atoms with Gasteiger partial charge >= 0.3 is 0 Å². The van der Waals surface area contributed by atoms with Gasteiger partial charge in [0.05, 0.1) is 41.5 Å². The zero-order valence-corrected chi connectivity index (χ0v) is 10.8. The first kappa shape index (κ1) is 13.6. The summed E-state index contributed by atoms with van der Waals surface area (Å²) in [5.74, 6) is 0. The SMILES string of the molecule is COCCOCCc1nc(C)c(C(C)O)s1. The smallest absolute Gasteiger partial charge is 0.0954 e. The third kappa shape index (κ3) is 4.17. The fourth-order valence-electron chi connectivity index (χ4n) is 1.36. The van der Waals surface area contributed by atoms with E-state index in [9.17, 15) is 5.11 Å². The van der Waals surface area contributed by atoms with Crippen LogP contribution in [0.1, 0.15) is 28.6 Å². The van der Waals surface area contributed by atoms with Crippen molar-refractivity contribution in [1.82, 2.24) is 4.98 Å². The molecule has 1 heterocycles. The van der Waals surface area contributed by atoms with Crippen molar-refractivity contribution in [2.75, 3.05) is 26.9 Å². The Morgan fingerprint density at radius 1 is 1.38 bits per heavy atom. The Labute approximate surface area is 100 Å². The monoisotopic (exact) mass is 245 g/mol. The van der Waals surface area contributed by atoms with E-state index in [2.05, 4.69) is 4.98 Å². The Balaban J connectivity index is 2.34. The molecule has 0 radical (unpaired) electrons. The van der Waals surface area contributed by atoms with Crippen molar-refractivity contribution in [3.8, 4) is 0 Å². The lowest BCUT2D eigenvalue weighted by Gasteiger charge is -2.01. The molecule has 0 spiro atoms.